The molecule has 1 aromatic rings. The molecular weight excluding hydrogens is 348 g/mol. The van der Waals surface area contributed by atoms with Crippen molar-refractivity contribution in [2.45, 2.75) is 39.2 Å². The van der Waals surface area contributed by atoms with E-state index in [2.05, 4.69) is 0 Å². The van der Waals surface area contributed by atoms with E-state index in [-0.39, 0.29) is 30.1 Å². The number of rotatable bonds is 6. The quantitative estimate of drug-likeness (QED) is 0.560. The fourth-order valence-electron chi connectivity index (χ4n) is 3.77. The van der Waals surface area contributed by atoms with Crippen LogP contribution in [0.15, 0.2) is 24.3 Å². The van der Waals surface area contributed by atoms with Crippen LogP contribution in [0.4, 0.5) is 5.69 Å². The standard InChI is InChI=1S/C20H26N2O5/c1-3-26-16-9-7-15(8-10-16)22-18(23)12-17(19(22)24)21-11-5-6-14(13-21)20(25)27-4-2/h7-10,14,17H,3-6,11-13H2,1-2H3/t14-,17+/m1/s1. The summed E-state index contributed by atoms with van der Waals surface area (Å²) in [6.07, 6.45) is 1.71. The van der Waals surface area contributed by atoms with Gasteiger partial charge in [0.05, 0.1) is 37.3 Å². The summed E-state index contributed by atoms with van der Waals surface area (Å²) in [7, 11) is 0. The van der Waals surface area contributed by atoms with E-state index in [0.29, 0.717) is 37.7 Å². The van der Waals surface area contributed by atoms with Gasteiger partial charge < -0.3 is 9.47 Å². The van der Waals surface area contributed by atoms with Gasteiger partial charge in [-0.1, -0.05) is 0 Å². The Kier molecular flexibility index (Phi) is 6.11. The number of hydrogen-bond donors (Lipinski definition) is 0. The molecule has 7 heteroatoms. The molecule has 0 bridgehead atoms. The predicted octanol–water partition coefficient (Wildman–Crippen LogP) is 1.99. The van der Waals surface area contributed by atoms with Gasteiger partial charge in [-0.3, -0.25) is 19.3 Å². The Bertz CT molecular complexity index is 703. The van der Waals surface area contributed by atoms with Crippen molar-refractivity contribution >= 4 is 23.5 Å². The monoisotopic (exact) mass is 374 g/mol. The fourth-order valence-corrected chi connectivity index (χ4v) is 3.77. The minimum atomic E-state index is -0.513. The summed E-state index contributed by atoms with van der Waals surface area (Å²) in [4.78, 5) is 40.7. The topological polar surface area (TPSA) is 76.2 Å². The molecule has 2 amide bonds. The van der Waals surface area contributed by atoms with Crippen LogP contribution in [-0.4, -0.2) is 55.0 Å². The Hall–Kier alpha value is -2.41. The SMILES string of the molecule is CCOC(=O)[C@@H]1CCCN([C@H]2CC(=O)N(c3ccc(OCC)cc3)C2=O)C1. The van der Waals surface area contributed by atoms with Crippen molar-refractivity contribution in [3.63, 3.8) is 0 Å². The zero-order chi connectivity index (χ0) is 19.4. The van der Waals surface area contributed by atoms with Crippen LogP contribution in [0.3, 0.4) is 0 Å². The van der Waals surface area contributed by atoms with Gasteiger partial charge in [-0.2, -0.15) is 0 Å². The lowest BCUT2D eigenvalue weighted by atomic mass is 9.96. The molecular formula is C20H26N2O5. The van der Waals surface area contributed by atoms with E-state index in [4.69, 9.17) is 9.47 Å². The van der Waals surface area contributed by atoms with Crippen molar-refractivity contribution in [1.29, 1.82) is 0 Å². The van der Waals surface area contributed by atoms with Crippen molar-refractivity contribution in [3.8, 4) is 5.75 Å². The third-order valence-corrected chi connectivity index (χ3v) is 5.04. The number of nitrogens with zero attached hydrogens (tertiary/aromatic N) is 2. The number of piperidine rings is 1. The highest BCUT2D eigenvalue weighted by Crippen LogP contribution is 2.30. The number of amides is 2. The average Bonchev–Trinajstić information content (AvgIpc) is 2.97. The van der Waals surface area contributed by atoms with Crippen LogP contribution in [0.25, 0.3) is 0 Å². The molecule has 2 fully saturated rings. The van der Waals surface area contributed by atoms with Crippen molar-refractivity contribution in [2.75, 3.05) is 31.2 Å². The number of likely N-dealkylation sites (tertiary alicyclic amines) is 1. The van der Waals surface area contributed by atoms with Crippen molar-refractivity contribution < 1.29 is 23.9 Å². The highest BCUT2D eigenvalue weighted by molar-refractivity contribution is 6.22. The maximum Gasteiger partial charge on any atom is 0.310 e. The maximum atomic E-state index is 12.9. The fraction of sp³-hybridized carbons (Fsp3) is 0.550. The molecule has 2 saturated heterocycles. The van der Waals surface area contributed by atoms with Crippen LogP contribution in [-0.2, 0) is 19.1 Å². The number of hydrogen-bond acceptors (Lipinski definition) is 6. The molecule has 146 valence electrons. The lowest BCUT2D eigenvalue weighted by Gasteiger charge is -2.34. The minimum absolute atomic E-state index is 0.140. The predicted molar refractivity (Wildman–Crippen MR) is 99.4 cm³/mol. The minimum Gasteiger partial charge on any atom is -0.494 e. The molecule has 3 rings (SSSR count). The molecule has 2 aliphatic rings. The van der Waals surface area contributed by atoms with Gasteiger partial charge in [0.25, 0.3) is 5.91 Å². The maximum absolute atomic E-state index is 12.9. The molecule has 0 aromatic heterocycles. The van der Waals surface area contributed by atoms with Gasteiger partial charge in [-0.05, 0) is 57.5 Å². The molecule has 0 N–H and O–H groups in total. The van der Waals surface area contributed by atoms with Gasteiger partial charge in [-0.15, -0.1) is 0 Å². The Morgan fingerprint density at radius 3 is 2.56 bits per heavy atom. The second-order valence-electron chi connectivity index (χ2n) is 6.80. The molecule has 0 radical (unpaired) electrons. The lowest BCUT2D eigenvalue weighted by molar-refractivity contribution is -0.150. The molecule has 27 heavy (non-hydrogen) atoms. The zero-order valence-corrected chi connectivity index (χ0v) is 15.8. The van der Waals surface area contributed by atoms with Crippen LogP contribution in [0.2, 0.25) is 0 Å². The van der Waals surface area contributed by atoms with E-state index in [1.165, 1.54) is 4.90 Å². The summed E-state index contributed by atoms with van der Waals surface area (Å²) < 4.78 is 10.5. The Morgan fingerprint density at radius 2 is 1.89 bits per heavy atom. The van der Waals surface area contributed by atoms with Gasteiger partial charge in [0, 0.05) is 6.54 Å². The first-order valence-electron chi connectivity index (χ1n) is 9.55. The molecule has 1 aromatic carbocycles. The van der Waals surface area contributed by atoms with E-state index in [1.54, 1.807) is 31.2 Å². The molecule has 0 aliphatic carbocycles. The molecule has 7 nitrogen and oxygen atoms in total. The van der Waals surface area contributed by atoms with Gasteiger partial charge in [0.2, 0.25) is 5.91 Å². The smallest absolute Gasteiger partial charge is 0.310 e. The molecule has 0 spiro atoms. The summed E-state index contributed by atoms with van der Waals surface area (Å²) in [5.41, 5.74) is 0.551. The number of ether oxygens (including phenoxy) is 2. The molecule has 2 atom stereocenters. The van der Waals surface area contributed by atoms with E-state index >= 15 is 0 Å². The third-order valence-electron chi connectivity index (χ3n) is 5.04. The van der Waals surface area contributed by atoms with Crippen molar-refractivity contribution in [3.05, 3.63) is 24.3 Å². The Balaban J connectivity index is 1.70. The van der Waals surface area contributed by atoms with Gasteiger partial charge in [0.15, 0.2) is 0 Å². The summed E-state index contributed by atoms with van der Waals surface area (Å²) in [5.74, 6) is -0.199. The molecule has 2 aliphatic heterocycles. The number of imide groups is 1. The second kappa shape index (κ2) is 8.52. The number of benzene rings is 1. The van der Waals surface area contributed by atoms with E-state index in [1.807, 2.05) is 11.8 Å². The van der Waals surface area contributed by atoms with E-state index < -0.39 is 6.04 Å². The first kappa shape index (κ1) is 19.4. The van der Waals surface area contributed by atoms with Crippen molar-refractivity contribution in [1.82, 2.24) is 4.90 Å². The summed E-state index contributed by atoms with van der Waals surface area (Å²) in [6.45, 7) is 5.75. The Morgan fingerprint density at radius 1 is 1.15 bits per heavy atom. The van der Waals surface area contributed by atoms with Gasteiger partial charge in [0.1, 0.15) is 5.75 Å². The average molecular weight is 374 g/mol. The van der Waals surface area contributed by atoms with Crippen LogP contribution >= 0.6 is 0 Å². The summed E-state index contributed by atoms with van der Waals surface area (Å²) in [6, 6.07) is 6.44. The zero-order valence-electron chi connectivity index (χ0n) is 15.8. The largest absolute Gasteiger partial charge is 0.494 e. The van der Waals surface area contributed by atoms with Crippen LogP contribution in [0.1, 0.15) is 33.1 Å². The first-order chi connectivity index (χ1) is 13.0. The molecule has 0 unspecified atom stereocenters. The lowest BCUT2D eigenvalue weighted by Crippen LogP contribution is -2.48. The van der Waals surface area contributed by atoms with Crippen molar-refractivity contribution in [2.24, 2.45) is 5.92 Å². The second-order valence-corrected chi connectivity index (χ2v) is 6.80. The third kappa shape index (κ3) is 4.13. The highest BCUT2D eigenvalue weighted by Gasteiger charge is 2.44. The van der Waals surface area contributed by atoms with E-state index in [9.17, 15) is 14.4 Å². The van der Waals surface area contributed by atoms with E-state index in [0.717, 1.165) is 12.8 Å². The van der Waals surface area contributed by atoms with Gasteiger partial charge >= 0.3 is 5.97 Å². The van der Waals surface area contributed by atoms with Crippen LogP contribution < -0.4 is 9.64 Å². The molecule has 2 heterocycles. The number of esters is 1. The Labute approximate surface area is 159 Å². The summed E-state index contributed by atoms with van der Waals surface area (Å²) in [5, 5.41) is 0. The number of anilines is 1. The highest BCUT2D eigenvalue weighted by atomic mass is 16.5. The summed E-state index contributed by atoms with van der Waals surface area (Å²) >= 11 is 0. The first-order valence-corrected chi connectivity index (χ1v) is 9.55. The van der Waals surface area contributed by atoms with Crippen LogP contribution in [0.5, 0.6) is 5.75 Å². The molecule has 0 saturated carbocycles. The van der Waals surface area contributed by atoms with Crippen LogP contribution in [0, 0.1) is 5.92 Å². The number of carbonyl (C=O) groups excluding carboxylic acids is 3. The number of carbonyl (C=O) groups is 3. The normalized spacial score (nSPS) is 23.6. The van der Waals surface area contributed by atoms with Gasteiger partial charge in [-0.25, -0.2) is 4.90 Å².